The van der Waals surface area contributed by atoms with Gasteiger partial charge in [0.2, 0.25) is 5.88 Å². The minimum atomic E-state index is 0.119. The molecule has 1 aliphatic carbocycles. The summed E-state index contributed by atoms with van der Waals surface area (Å²) in [5.74, 6) is 1.86. The fourth-order valence-electron chi connectivity index (χ4n) is 2.05. The minimum absolute atomic E-state index is 0.119. The van der Waals surface area contributed by atoms with E-state index in [-0.39, 0.29) is 5.54 Å². The Bertz CT molecular complexity index is 344. The van der Waals surface area contributed by atoms with Crippen molar-refractivity contribution in [2.45, 2.75) is 44.1 Å². The van der Waals surface area contributed by atoms with Gasteiger partial charge in [0.15, 0.2) is 0 Å². The van der Waals surface area contributed by atoms with Crippen molar-refractivity contribution in [1.29, 1.82) is 0 Å². The molecule has 0 spiro atoms. The summed E-state index contributed by atoms with van der Waals surface area (Å²) in [7, 11) is 0. The number of H-pyrrole nitrogens is 1. The summed E-state index contributed by atoms with van der Waals surface area (Å²) in [6, 6.07) is 0. The molecule has 82 valence electrons. The van der Waals surface area contributed by atoms with Crippen molar-refractivity contribution >= 4 is 0 Å². The van der Waals surface area contributed by atoms with Gasteiger partial charge in [0, 0.05) is 12.0 Å². The number of nitrogens with two attached hydrogens (primary N) is 1. The number of aryl methyl sites for hydroxylation is 2. The SMILES string of the molecule is NC1(CCc2nc3c([nH]2)CCCO3)CC1. The molecule has 2 aliphatic rings. The maximum Gasteiger partial charge on any atom is 0.235 e. The lowest BCUT2D eigenvalue weighted by Crippen LogP contribution is -2.22. The first-order valence-electron chi connectivity index (χ1n) is 5.75. The predicted octanol–water partition coefficient (Wildman–Crippen LogP) is 1.16. The number of hydrogen-bond acceptors (Lipinski definition) is 3. The third kappa shape index (κ3) is 1.86. The zero-order valence-electron chi connectivity index (χ0n) is 8.88. The highest BCUT2D eigenvalue weighted by Gasteiger charge is 2.37. The average molecular weight is 207 g/mol. The number of imidazole rings is 1. The van der Waals surface area contributed by atoms with E-state index >= 15 is 0 Å². The standard InChI is InChI=1S/C11H17N3O/c12-11(5-6-11)4-3-9-13-8-2-1-7-15-10(8)14-9/h1-7,12H2,(H,13,14). The molecular weight excluding hydrogens is 190 g/mol. The van der Waals surface area contributed by atoms with Crippen LogP contribution < -0.4 is 10.5 Å². The van der Waals surface area contributed by atoms with E-state index in [1.807, 2.05) is 0 Å². The second-order valence-corrected chi connectivity index (χ2v) is 4.78. The summed E-state index contributed by atoms with van der Waals surface area (Å²) in [5, 5.41) is 0. The van der Waals surface area contributed by atoms with Crippen molar-refractivity contribution in [3.05, 3.63) is 11.5 Å². The van der Waals surface area contributed by atoms with Crippen LogP contribution in [-0.2, 0) is 12.8 Å². The number of ether oxygens (including phenoxy) is 1. The highest BCUT2D eigenvalue weighted by molar-refractivity contribution is 5.23. The molecule has 0 atom stereocenters. The first kappa shape index (κ1) is 9.21. The molecule has 1 fully saturated rings. The van der Waals surface area contributed by atoms with Crippen LogP contribution in [0.4, 0.5) is 0 Å². The fraction of sp³-hybridized carbons (Fsp3) is 0.727. The lowest BCUT2D eigenvalue weighted by molar-refractivity contribution is 0.277. The second kappa shape index (κ2) is 3.23. The van der Waals surface area contributed by atoms with Crippen molar-refractivity contribution in [2.24, 2.45) is 5.73 Å². The molecule has 1 aromatic heterocycles. The molecule has 3 N–H and O–H groups in total. The Labute approximate surface area is 89.2 Å². The molecule has 15 heavy (non-hydrogen) atoms. The third-order valence-corrected chi connectivity index (χ3v) is 3.35. The smallest absolute Gasteiger partial charge is 0.235 e. The summed E-state index contributed by atoms with van der Waals surface area (Å²) in [6.45, 7) is 0.804. The van der Waals surface area contributed by atoms with Gasteiger partial charge in [0.05, 0.1) is 12.3 Å². The molecule has 0 saturated heterocycles. The summed E-state index contributed by atoms with van der Waals surface area (Å²) < 4.78 is 5.48. The zero-order valence-corrected chi connectivity index (χ0v) is 8.88. The van der Waals surface area contributed by atoms with E-state index in [1.165, 1.54) is 12.8 Å². The third-order valence-electron chi connectivity index (χ3n) is 3.35. The zero-order chi connectivity index (χ0) is 10.3. The second-order valence-electron chi connectivity index (χ2n) is 4.78. The molecule has 1 aliphatic heterocycles. The molecule has 4 nitrogen and oxygen atoms in total. The monoisotopic (exact) mass is 207 g/mol. The van der Waals surface area contributed by atoms with Gasteiger partial charge in [-0.25, -0.2) is 0 Å². The van der Waals surface area contributed by atoms with Crippen molar-refractivity contribution in [3.8, 4) is 5.88 Å². The van der Waals surface area contributed by atoms with Crippen LogP contribution in [0.5, 0.6) is 5.88 Å². The van der Waals surface area contributed by atoms with Crippen LogP contribution in [0.1, 0.15) is 37.2 Å². The van der Waals surface area contributed by atoms with Gasteiger partial charge in [0.25, 0.3) is 0 Å². The number of hydrogen-bond donors (Lipinski definition) is 2. The van der Waals surface area contributed by atoms with Gasteiger partial charge in [-0.3, -0.25) is 0 Å². The molecule has 0 unspecified atom stereocenters. The van der Waals surface area contributed by atoms with Crippen LogP contribution in [0.15, 0.2) is 0 Å². The topological polar surface area (TPSA) is 63.9 Å². The average Bonchev–Trinajstić information content (AvgIpc) is 2.83. The predicted molar refractivity (Wildman–Crippen MR) is 56.9 cm³/mol. The van der Waals surface area contributed by atoms with Gasteiger partial charge in [0.1, 0.15) is 5.82 Å². The highest BCUT2D eigenvalue weighted by atomic mass is 16.5. The van der Waals surface area contributed by atoms with Gasteiger partial charge in [-0.1, -0.05) is 0 Å². The van der Waals surface area contributed by atoms with E-state index in [1.54, 1.807) is 0 Å². The maximum atomic E-state index is 6.04. The number of nitrogens with zero attached hydrogens (tertiary/aromatic N) is 1. The first-order chi connectivity index (χ1) is 7.25. The van der Waals surface area contributed by atoms with E-state index in [0.717, 1.165) is 49.7 Å². The Kier molecular flexibility index (Phi) is 1.99. The van der Waals surface area contributed by atoms with Crippen molar-refractivity contribution in [3.63, 3.8) is 0 Å². The maximum absolute atomic E-state index is 6.04. The molecule has 1 aromatic rings. The van der Waals surface area contributed by atoms with Crippen LogP contribution in [-0.4, -0.2) is 22.1 Å². The van der Waals surface area contributed by atoms with Crippen molar-refractivity contribution < 1.29 is 4.74 Å². The molecule has 0 amide bonds. The summed E-state index contributed by atoms with van der Waals surface area (Å²) in [4.78, 5) is 7.79. The van der Waals surface area contributed by atoms with E-state index in [4.69, 9.17) is 10.5 Å². The summed E-state index contributed by atoms with van der Waals surface area (Å²) >= 11 is 0. The number of fused-ring (bicyclic) bond motifs is 1. The van der Waals surface area contributed by atoms with Gasteiger partial charge in [-0.05, 0) is 32.1 Å². The lowest BCUT2D eigenvalue weighted by atomic mass is 10.1. The molecule has 4 heteroatoms. The molecule has 0 radical (unpaired) electrons. The molecular formula is C11H17N3O. The highest BCUT2D eigenvalue weighted by Crippen LogP contribution is 2.36. The van der Waals surface area contributed by atoms with Crippen molar-refractivity contribution in [2.75, 3.05) is 6.61 Å². The largest absolute Gasteiger partial charge is 0.476 e. The van der Waals surface area contributed by atoms with Gasteiger partial charge in [-0.15, -0.1) is 0 Å². The fourth-order valence-corrected chi connectivity index (χ4v) is 2.05. The Balaban J connectivity index is 1.67. The van der Waals surface area contributed by atoms with E-state index in [2.05, 4.69) is 9.97 Å². The summed E-state index contributed by atoms with van der Waals surface area (Å²) in [6.07, 6.45) is 6.49. The molecule has 2 heterocycles. The molecule has 1 saturated carbocycles. The summed E-state index contributed by atoms with van der Waals surface area (Å²) in [5.41, 5.74) is 7.33. The Morgan fingerprint density at radius 3 is 3.07 bits per heavy atom. The van der Waals surface area contributed by atoms with Gasteiger partial charge >= 0.3 is 0 Å². The number of aromatic amines is 1. The normalized spacial score (nSPS) is 21.9. The first-order valence-corrected chi connectivity index (χ1v) is 5.75. The number of rotatable bonds is 3. The van der Waals surface area contributed by atoms with Crippen molar-refractivity contribution in [1.82, 2.24) is 9.97 Å². The Morgan fingerprint density at radius 1 is 1.47 bits per heavy atom. The van der Waals surface area contributed by atoms with Crippen LogP contribution in [0.25, 0.3) is 0 Å². The number of nitrogens with one attached hydrogen (secondary N) is 1. The van der Waals surface area contributed by atoms with E-state index in [9.17, 15) is 0 Å². The Morgan fingerprint density at radius 2 is 2.33 bits per heavy atom. The van der Waals surface area contributed by atoms with Crippen LogP contribution in [0, 0.1) is 0 Å². The molecule has 3 rings (SSSR count). The van der Waals surface area contributed by atoms with Gasteiger partial charge in [-0.2, -0.15) is 4.98 Å². The quantitative estimate of drug-likeness (QED) is 0.781. The molecule has 0 bridgehead atoms. The van der Waals surface area contributed by atoms with E-state index in [0.29, 0.717) is 0 Å². The van der Waals surface area contributed by atoms with Crippen LogP contribution in [0.2, 0.25) is 0 Å². The molecule has 0 aromatic carbocycles. The van der Waals surface area contributed by atoms with E-state index < -0.39 is 0 Å². The number of aromatic nitrogens is 2. The van der Waals surface area contributed by atoms with Crippen LogP contribution >= 0.6 is 0 Å². The van der Waals surface area contributed by atoms with Crippen LogP contribution in [0.3, 0.4) is 0 Å². The minimum Gasteiger partial charge on any atom is -0.476 e. The lowest BCUT2D eigenvalue weighted by Gasteiger charge is -2.09. The van der Waals surface area contributed by atoms with Gasteiger partial charge < -0.3 is 15.5 Å². The Hall–Kier alpha value is -1.03.